The van der Waals surface area contributed by atoms with Gasteiger partial charge in [-0.1, -0.05) is 18.2 Å². The number of allylic oxidation sites excluding steroid dienone is 2. The Morgan fingerprint density at radius 1 is 0.893 bits per heavy atom. The first-order valence-corrected chi connectivity index (χ1v) is 11.5. The van der Waals surface area contributed by atoms with Crippen molar-refractivity contribution < 1.29 is 4.39 Å². The standard InChI is InChI=1S/C26H34FN/c1-2-3-18-4-6-19(7-5-18)20-8-9-22-15-23(11-10-21(22)14-20)24-12-13-25(17-28)26(27)16-24/h2-3,12-13,16,18-23H,4-11,14-15H2,1H3/b3-2+. The van der Waals surface area contributed by atoms with Crippen molar-refractivity contribution in [1.82, 2.24) is 0 Å². The van der Waals surface area contributed by atoms with Gasteiger partial charge in [-0.05, 0) is 124 Å². The van der Waals surface area contributed by atoms with Crippen LogP contribution in [0.25, 0.3) is 0 Å². The molecule has 4 unspecified atom stereocenters. The largest absolute Gasteiger partial charge is 0.206 e. The summed E-state index contributed by atoms with van der Waals surface area (Å²) in [6.07, 6.45) is 18.2. The fourth-order valence-electron chi connectivity index (χ4n) is 6.61. The van der Waals surface area contributed by atoms with E-state index in [9.17, 15) is 4.39 Å². The van der Waals surface area contributed by atoms with Gasteiger partial charge in [0.05, 0.1) is 5.56 Å². The zero-order valence-corrected chi connectivity index (χ0v) is 17.2. The Balaban J connectivity index is 1.32. The quantitative estimate of drug-likeness (QED) is 0.503. The summed E-state index contributed by atoms with van der Waals surface area (Å²) in [6, 6.07) is 7.21. The lowest BCUT2D eigenvalue weighted by atomic mass is 9.60. The van der Waals surface area contributed by atoms with Crippen LogP contribution in [0, 0.1) is 46.7 Å². The summed E-state index contributed by atoms with van der Waals surface area (Å²) in [5.41, 5.74) is 1.28. The summed E-state index contributed by atoms with van der Waals surface area (Å²) in [7, 11) is 0. The van der Waals surface area contributed by atoms with Crippen molar-refractivity contribution in [2.75, 3.05) is 0 Å². The minimum atomic E-state index is -0.348. The van der Waals surface area contributed by atoms with E-state index in [-0.39, 0.29) is 11.4 Å². The summed E-state index contributed by atoms with van der Waals surface area (Å²) in [5, 5.41) is 8.95. The van der Waals surface area contributed by atoms with Crippen LogP contribution in [0.15, 0.2) is 30.4 Å². The van der Waals surface area contributed by atoms with Gasteiger partial charge in [0.1, 0.15) is 11.9 Å². The molecule has 3 saturated carbocycles. The second-order valence-electron chi connectivity index (χ2n) is 9.65. The molecule has 0 radical (unpaired) electrons. The molecule has 3 aliphatic rings. The van der Waals surface area contributed by atoms with E-state index in [0.717, 1.165) is 35.2 Å². The molecule has 4 rings (SSSR count). The molecule has 2 heteroatoms. The van der Waals surface area contributed by atoms with Crippen LogP contribution in [0.4, 0.5) is 4.39 Å². The Labute approximate surface area is 170 Å². The topological polar surface area (TPSA) is 23.8 Å². The average Bonchev–Trinajstić information content (AvgIpc) is 2.74. The van der Waals surface area contributed by atoms with Crippen molar-refractivity contribution in [3.63, 3.8) is 0 Å². The third-order valence-corrected chi connectivity index (χ3v) is 8.19. The summed E-state index contributed by atoms with van der Waals surface area (Å²) < 4.78 is 14.0. The maximum Gasteiger partial charge on any atom is 0.141 e. The van der Waals surface area contributed by atoms with Crippen LogP contribution in [-0.2, 0) is 0 Å². The highest BCUT2D eigenvalue weighted by molar-refractivity contribution is 5.35. The van der Waals surface area contributed by atoms with Crippen molar-refractivity contribution in [2.45, 2.75) is 77.0 Å². The molecular weight excluding hydrogens is 345 g/mol. The molecule has 0 heterocycles. The molecule has 28 heavy (non-hydrogen) atoms. The van der Waals surface area contributed by atoms with Crippen LogP contribution in [0.3, 0.4) is 0 Å². The molecule has 1 aromatic carbocycles. The van der Waals surface area contributed by atoms with E-state index in [4.69, 9.17) is 5.26 Å². The van der Waals surface area contributed by atoms with E-state index in [1.54, 1.807) is 12.1 Å². The SMILES string of the molecule is C/C=C/C1CCC(C2CCC3CC(c4ccc(C#N)c(F)c4)CCC3C2)CC1. The number of hydrogen-bond acceptors (Lipinski definition) is 1. The van der Waals surface area contributed by atoms with Gasteiger partial charge in [0.25, 0.3) is 0 Å². The molecule has 0 aliphatic heterocycles. The molecule has 3 aliphatic carbocycles. The molecule has 0 spiro atoms. The summed E-state index contributed by atoms with van der Waals surface area (Å²) in [5.74, 6) is 4.61. The second-order valence-corrected chi connectivity index (χ2v) is 9.65. The first kappa shape index (κ1) is 19.7. The first-order chi connectivity index (χ1) is 13.7. The highest BCUT2D eigenvalue weighted by Crippen LogP contribution is 2.50. The summed E-state index contributed by atoms with van der Waals surface area (Å²) in [6.45, 7) is 2.15. The number of rotatable bonds is 3. The van der Waals surface area contributed by atoms with Gasteiger partial charge in [-0.2, -0.15) is 5.26 Å². The molecular formula is C26H34FN. The van der Waals surface area contributed by atoms with Crippen molar-refractivity contribution in [3.05, 3.63) is 47.3 Å². The normalized spacial score (nSPS) is 36.0. The highest BCUT2D eigenvalue weighted by atomic mass is 19.1. The zero-order valence-electron chi connectivity index (χ0n) is 17.2. The highest BCUT2D eigenvalue weighted by Gasteiger charge is 2.39. The zero-order chi connectivity index (χ0) is 19.5. The summed E-state index contributed by atoms with van der Waals surface area (Å²) in [4.78, 5) is 0. The van der Waals surface area contributed by atoms with Crippen molar-refractivity contribution in [2.24, 2.45) is 29.6 Å². The van der Waals surface area contributed by atoms with Gasteiger partial charge in [-0.25, -0.2) is 4.39 Å². The minimum absolute atomic E-state index is 0.169. The molecule has 3 fully saturated rings. The van der Waals surface area contributed by atoms with Crippen LogP contribution in [0.1, 0.15) is 88.2 Å². The van der Waals surface area contributed by atoms with Gasteiger partial charge in [0.15, 0.2) is 0 Å². The van der Waals surface area contributed by atoms with Crippen LogP contribution >= 0.6 is 0 Å². The van der Waals surface area contributed by atoms with Crippen LogP contribution in [0.2, 0.25) is 0 Å². The van der Waals surface area contributed by atoms with Gasteiger partial charge < -0.3 is 0 Å². The number of halogens is 1. The number of nitrogens with zero attached hydrogens (tertiary/aromatic N) is 1. The third-order valence-electron chi connectivity index (χ3n) is 8.19. The van der Waals surface area contributed by atoms with Gasteiger partial charge in [-0.15, -0.1) is 0 Å². The van der Waals surface area contributed by atoms with Crippen molar-refractivity contribution in [1.29, 1.82) is 5.26 Å². The van der Waals surface area contributed by atoms with Crippen molar-refractivity contribution in [3.8, 4) is 6.07 Å². The van der Waals surface area contributed by atoms with Crippen LogP contribution in [-0.4, -0.2) is 0 Å². The Morgan fingerprint density at radius 3 is 2.21 bits per heavy atom. The molecule has 0 N–H and O–H groups in total. The summed E-state index contributed by atoms with van der Waals surface area (Å²) >= 11 is 0. The van der Waals surface area contributed by atoms with Gasteiger partial charge in [0.2, 0.25) is 0 Å². The molecule has 150 valence electrons. The predicted octanol–water partition coefficient (Wildman–Crippen LogP) is 7.38. The van der Waals surface area contributed by atoms with E-state index in [0.29, 0.717) is 5.92 Å². The number of hydrogen-bond donors (Lipinski definition) is 0. The maximum absolute atomic E-state index is 14.0. The Morgan fingerprint density at radius 2 is 1.54 bits per heavy atom. The van der Waals surface area contributed by atoms with Crippen molar-refractivity contribution >= 4 is 0 Å². The Hall–Kier alpha value is -1.62. The molecule has 4 atom stereocenters. The van der Waals surface area contributed by atoms with Gasteiger partial charge in [-0.3, -0.25) is 0 Å². The van der Waals surface area contributed by atoms with Crippen LogP contribution < -0.4 is 0 Å². The van der Waals surface area contributed by atoms with E-state index in [1.165, 1.54) is 64.2 Å². The lowest BCUT2D eigenvalue weighted by Gasteiger charge is -2.45. The minimum Gasteiger partial charge on any atom is -0.206 e. The fraction of sp³-hybridized carbons (Fsp3) is 0.654. The Bertz CT molecular complexity index is 737. The molecule has 0 bridgehead atoms. The number of benzene rings is 1. The first-order valence-electron chi connectivity index (χ1n) is 11.5. The molecule has 0 saturated heterocycles. The van der Waals surface area contributed by atoms with E-state index in [1.807, 2.05) is 12.1 Å². The Kier molecular flexibility index (Phi) is 6.19. The molecule has 1 nitrogen and oxygen atoms in total. The smallest absolute Gasteiger partial charge is 0.141 e. The fourth-order valence-corrected chi connectivity index (χ4v) is 6.61. The van der Waals surface area contributed by atoms with E-state index < -0.39 is 0 Å². The molecule has 1 aromatic rings. The molecule has 0 amide bonds. The van der Waals surface area contributed by atoms with E-state index in [2.05, 4.69) is 19.1 Å². The lowest BCUT2D eigenvalue weighted by molar-refractivity contribution is 0.0748. The predicted molar refractivity (Wildman–Crippen MR) is 112 cm³/mol. The number of nitriles is 1. The van der Waals surface area contributed by atoms with Crippen LogP contribution in [0.5, 0.6) is 0 Å². The second kappa shape index (κ2) is 8.81. The van der Waals surface area contributed by atoms with Gasteiger partial charge in [0, 0.05) is 0 Å². The third kappa shape index (κ3) is 4.19. The van der Waals surface area contributed by atoms with Gasteiger partial charge >= 0.3 is 0 Å². The monoisotopic (exact) mass is 379 g/mol. The van der Waals surface area contributed by atoms with E-state index >= 15 is 0 Å². The lowest BCUT2D eigenvalue weighted by Crippen LogP contribution is -2.34. The maximum atomic E-state index is 14.0. The number of fused-ring (bicyclic) bond motifs is 1. The average molecular weight is 380 g/mol. The molecule has 0 aromatic heterocycles.